The average molecular weight is 757 g/mol. The van der Waals surface area contributed by atoms with Gasteiger partial charge in [0.25, 0.3) is 0 Å². The first kappa shape index (κ1) is 49.5. The molecule has 1 aliphatic rings. The van der Waals surface area contributed by atoms with Gasteiger partial charge in [-0.15, -0.1) is 6.58 Å². The molecule has 312 valence electrons. The van der Waals surface area contributed by atoms with Crippen molar-refractivity contribution in [3.05, 3.63) is 12.7 Å². The van der Waals surface area contributed by atoms with Crippen molar-refractivity contribution in [2.75, 3.05) is 19.8 Å². The molecule has 0 bridgehead atoms. The van der Waals surface area contributed by atoms with E-state index in [4.69, 9.17) is 18.9 Å². The van der Waals surface area contributed by atoms with Crippen molar-refractivity contribution in [2.24, 2.45) is 0 Å². The Morgan fingerprint density at radius 1 is 0.604 bits per heavy atom. The second kappa shape index (κ2) is 34.9. The molecule has 10 heteroatoms. The van der Waals surface area contributed by atoms with Gasteiger partial charge >= 0.3 is 11.9 Å². The normalized spacial score (nSPS) is 20.7. The highest BCUT2D eigenvalue weighted by Gasteiger charge is 2.44. The van der Waals surface area contributed by atoms with E-state index in [9.17, 15) is 30.0 Å². The lowest BCUT2D eigenvalue weighted by molar-refractivity contribution is -0.305. The van der Waals surface area contributed by atoms with Gasteiger partial charge in [-0.3, -0.25) is 9.59 Å². The largest absolute Gasteiger partial charge is 0.462 e. The standard InChI is InChI=1S/C43H80O10/c1-3-5-7-9-11-13-15-17-18-20-21-23-25-27-29-31-38(45)50-34-36(35-51-43-42(49)41(48)40(47)37(33-44)53-43)52-39(46)32-30-28-26-24-22-19-16-14-12-10-8-6-4-2/h3,36-37,40-44,47-49H,1,4-35H2,2H3/t36-,37-,40+,41?,42?,43-/m0/s1. The van der Waals surface area contributed by atoms with Crippen LogP contribution in [0, 0.1) is 0 Å². The van der Waals surface area contributed by atoms with Crippen LogP contribution in [0.3, 0.4) is 0 Å². The Bertz CT molecular complexity index is 868. The fraction of sp³-hybridized carbons (Fsp3) is 0.907. The number of ether oxygens (including phenoxy) is 4. The van der Waals surface area contributed by atoms with Crippen LogP contribution in [0.15, 0.2) is 12.7 Å². The molecule has 6 atom stereocenters. The number of rotatable bonds is 37. The zero-order chi connectivity index (χ0) is 38.8. The zero-order valence-electron chi connectivity index (χ0n) is 33.6. The first-order valence-corrected chi connectivity index (χ1v) is 21.7. The van der Waals surface area contributed by atoms with Crippen molar-refractivity contribution < 1.29 is 49.0 Å². The first-order valence-electron chi connectivity index (χ1n) is 21.7. The predicted octanol–water partition coefficient (Wildman–Crippen LogP) is 8.78. The minimum atomic E-state index is -1.59. The van der Waals surface area contributed by atoms with E-state index < -0.39 is 49.4 Å². The van der Waals surface area contributed by atoms with Crippen LogP contribution >= 0.6 is 0 Å². The molecule has 53 heavy (non-hydrogen) atoms. The van der Waals surface area contributed by atoms with Gasteiger partial charge in [0, 0.05) is 12.8 Å². The molecule has 1 heterocycles. The lowest BCUT2D eigenvalue weighted by Crippen LogP contribution is -2.59. The van der Waals surface area contributed by atoms with Crippen molar-refractivity contribution in [3.63, 3.8) is 0 Å². The summed E-state index contributed by atoms with van der Waals surface area (Å²) in [4.78, 5) is 25.3. The van der Waals surface area contributed by atoms with E-state index >= 15 is 0 Å². The molecular formula is C43H80O10. The van der Waals surface area contributed by atoms with E-state index in [2.05, 4.69) is 13.5 Å². The van der Waals surface area contributed by atoms with Crippen LogP contribution in [0.2, 0.25) is 0 Å². The van der Waals surface area contributed by atoms with Gasteiger partial charge in [0.15, 0.2) is 12.4 Å². The lowest BCUT2D eigenvalue weighted by atomic mass is 9.99. The summed E-state index contributed by atoms with van der Waals surface area (Å²) in [7, 11) is 0. The summed E-state index contributed by atoms with van der Waals surface area (Å²) in [6, 6.07) is 0. The maximum atomic E-state index is 12.7. The second-order valence-corrected chi connectivity index (χ2v) is 15.2. The third kappa shape index (κ3) is 26.8. The molecule has 10 nitrogen and oxygen atoms in total. The molecule has 0 aromatic heterocycles. The van der Waals surface area contributed by atoms with E-state index in [1.807, 2.05) is 6.08 Å². The fourth-order valence-corrected chi connectivity index (χ4v) is 6.82. The minimum absolute atomic E-state index is 0.213. The number of hydrogen-bond acceptors (Lipinski definition) is 10. The van der Waals surface area contributed by atoms with Gasteiger partial charge in [-0.05, 0) is 25.7 Å². The summed E-state index contributed by atoms with van der Waals surface area (Å²) in [5, 5.41) is 40.0. The van der Waals surface area contributed by atoms with Crippen LogP contribution in [-0.4, -0.2) is 89.0 Å². The molecule has 0 saturated carbocycles. The molecule has 0 aromatic rings. The smallest absolute Gasteiger partial charge is 0.306 e. The Hall–Kier alpha value is -1.56. The molecule has 0 aliphatic carbocycles. The van der Waals surface area contributed by atoms with Crippen molar-refractivity contribution in [2.45, 2.75) is 230 Å². The van der Waals surface area contributed by atoms with Gasteiger partial charge in [0.1, 0.15) is 31.0 Å². The topological polar surface area (TPSA) is 152 Å². The summed E-state index contributed by atoms with van der Waals surface area (Å²) in [5.74, 6) is -0.800. The third-order valence-electron chi connectivity index (χ3n) is 10.3. The van der Waals surface area contributed by atoms with Crippen LogP contribution < -0.4 is 0 Å². The van der Waals surface area contributed by atoms with Crippen LogP contribution in [-0.2, 0) is 28.5 Å². The fourth-order valence-electron chi connectivity index (χ4n) is 6.82. The van der Waals surface area contributed by atoms with Crippen molar-refractivity contribution in [1.82, 2.24) is 0 Å². The number of aliphatic hydroxyl groups excluding tert-OH is 4. The van der Waals surface area contributed by atoms with E-state index in [1.165, 1.54) is 122 Å². The molecule has 0 aromatic carbocycles. The number of carbonyl (C=O) groups excluding carboxylic acids is 2. The highest BCUT2D eigenvalue weighted by atomic mass is 16.7. The number of aliphatic hydroxyl groups is 4. The Labute approximate surface area is 322 Å². The molecular weight excluding hydrogens is 676 g/mol. The van der Waals surface area contributed by atoms with Gasteiger partial charge < -0.3 is 39.4 Å². The number of esters is 2. The van der Waals surface area contributed by atoms with Gasteiger partial charge in [0.2, 0.25) is 0 Å². The highest BCUT2D eigenvalue weighted by molar-refractivity contribution is 5.70. The molecule has 1 saturated heterocycles. The summed E-state index contributed by atoms with van der Waals surface area (Å²) >= 11 is 0. The predicted molar refractivity (Wildman–Crippen MR) is 210 cm³/mol. The number of unbranched alkanes of at least 4 members (excludes halogenated alkanes) is 25. The molecule has 0 radical (unpaired) electrons. The molecule has 1 fully saturated rings. The van der Waals surface area contributed by atoms with Crippen molar-refractivity contribution in [3.8, 4) is 0 Å². The van der Waals surface area contributed by atoms with E-state index in [0.29, 0.717) is 6.42 Å². The summed E-state index contributed by atoms with van der Waals surface area (Å²) in [6.45, 7) is 4.95. The Kier molecular flexibility index (Phi) is 32.6. The summed E-state index contributed by atoms with van der Waals surface area (Å²) in [5.41, 5.74) is 0. The lowest BCUT2D eigenvalue weighted by Gasteiger charge is -2.39. The zero-order valence-corrected chi connectivity index (χ0v) is 33.6. The average Bonchev–Trinajstić information content (AvgIpc) is 3.15. The monoisotopic (exact) mass is 757 g/mol. The van der Waals surface area contributed by atoms with Crippen molar-refractivity contribution in [1.29, 1.82) is 0 Å². The Morgan fingerprint density at radius 3 is 1.49 bits per heavy atom. The van der Waals surface area contributed by atoms with Gasteiger partial charge in [-0.2, -0.15) is 0 Å². The van der Waals surface area contributed by atoms with E-state index in [1.54, 1.807) is 0 Å². The molecule has 0 spiro atoms. The van der Waals surface area contributed by atoms with E-state index in [0.717, 1.165) is 44.9 Å². The summed E-state index contributed by atoms with van der Waals surface area (Å²) < 4.78 is 22.1. The maximum Gasteiger partial charge on any atom is 0.306 e. The Morgan fingerprint density at radius 2 is 1.04 bits per heavy atom. The van der Waals surface area contributed by atoms with Gasteiger partial charge in [-0.25, -0.2) is 0 Å². The molecule has 2 unspecified atom stereocenters. The maximum absolute atomic E-state index is 12.7. The number of hydrogen-bond donors (Lipinski definition) is 4. The minimum Gasteiger partial charge on any atom is -0.462 e. The van der Waals surface area contributed by atoms with Gasteiger partial charge in [-0.1, -0.05) is 161 Å². The molecule has 4 N–H and O–H groups in total. The quantitative estimate of drug-likeness (QED) is 0.0275. The Balaban J connectivity index is 2.32. The van der Waals surface area contributed by atoms with Crippen molar-refractivity contribution >= 4 is 11.9 Å². The van der Waals surface area contributed by atoms with E-state index in [-0.39, 0.29) is 32.0 Å². The second-order valence-electron chi connectivity index (χ2n) is 15.2. The van der Waals surface area contributed by atoms with Crippen LogP contribution in [0.1, 0.15) is 193 Å². The molecule has 0 amide bonds. The van der Waals surface area contributed by atoms with Crippen LogP contribution in [0.5, 0.6) is 0 Å². The number of allylic oxidation sites excluding steroid dienone is 1. The molecule has 1 rings (SSSR count). The SMILES string of the molecule is C=CCCCCCCCCCCCCCCCC(=O)OC[C@@H](CO[C@H]1O[C@@H](CO)[C@@H](O)C(O)C1O)OC(=O)CCCCCCCCCCCCCCC. The van der Waals surface area contributed by atoms with Crippen LogP contribution in [0.25, 0.3) is 0 Å². The number of carbonyl (C=O) groups is 2. The third-order valence-corrected chi connectivity index (χ3v) is 10.3. The molecule has 1 aliphatic heterocycles. The highest BCUT2D eigenvalue weighted by Crippen LogP contribution is 2.23. The first-order chi connectivity index (χ1) is 25.8. The summed E-state index contributed by atoms with van der Waals surface area (Å²) in [6.07, 6.45) is 26.8. The van der Waals surface area contributed by atoms with Crippen LogP contribution in [0.4, 0.5) is 0 Å². The van der Waals surface area contributed by atoms with Gasteiger partial charge in [0.05, 0.1) is 13.2 Å².